The zero-order valence-electron chi connectivity index (χ0n) is 16.2. The molecule has 2 aliphatic rings. The molecule has 0 saturated carbocycles. The van der Waals surface area contributed by atoms with Crippen LogP contribution in [0.25, 0.3) is 11.3 Å². The van der Waals surface area contributed by atoms with Gasteiger partial charge in [-0.2, -0.15) is 5.10 Å². The molecule has 1 aromatic heterocycles. The normalized spacial score (nSPS) is 17.3. The zero-order valence-corrected chi connectivity index (χ0v) is 16.9. The fraction of sp³-hybridized carbons (Fsp3) is 0.273. The lowest BCUT2D eigenvalue weighted by atomic mass is 9.95. The number of nitrogens with zero attached hydrogens (tertiary/aromatic N) is 3. The molecule has 5 rings (SSSR count). The zero-order chi connectivity index (χ0) is 20.1. The average Bonchev–Trinajstić information content (AvgIpc) is 3.32. The van der Waals surface area contributed by atoms with Crippen molar-refractivity contribution in [3.8, 4) is 22.8 Å². The van der Waals surface area contributed by atoms with Crippen LogP contribution in [0.15, 0.2) is 42.5 Å². The quantitative estimate of drug-likeness (QED) is 0.635. The minimum atomic E-state index is -0.149. The first kappa shape index (κ1) is 18.1. The molecular formula is C22H20ClN3O3. The molecule has 148 valence electrons. The van der Waals surface area contributed by atoms with Crippen molar-refractivity contribution < 1.29 is 14.3 Å². The number of ether oxygens (including phenoxy) is 2. The molecule has 0 saturated heterocycles. The predicted octanol–water partition coefficient (Wildman–Crippen LogP) is 4.23. The van der Waals surface area contributed by atoms with Gasteiger partial charge in [-0.15, -0.1) is 0 Å². The minimum Gasteiger partial charge on any atom is -0.454 e. The average molecular weight is 410 g/mol. The fourth-order valence-electron chi connectivity index (χ4n) is 4.27. The number of para-hydroxylation sites is 1. The smallest absolute Gasteiger partial charge is 0.258 e. The van der Waals surface area contributed by atoms with Crippen molar-refractivity contribution in [2.45, 2.75) is 19.4 Å². The van der Waals surface area contributed by atoms with E-state index < -0.39 is 0 Å². The molecular weight excluding hydrogens is 390 g/mol. The number of fused-ring (bicyclic) bond motifs is 2. The lowest BCUT2D eigenvalue weighted by molar-refractivity contribution is 0.0669. The number of carbonyl (C=O) groups excluding carboxylic acids is 1. The molecule has 0 aliphatic carbocycles. The molecule has 0 N–H and O–H groups in total. The number of aromatic nitrogens is 2. The highest BCUT2D eigenvalue weighted by Crippen LogP contribution is 2.40. The Bertz CT molecular complexity index is 1120. The van der Waals surface area contributed by atoms with Crippen LogP contribution in [0, 0.1) is 0 Å². The van der Waals surface area contributed by atoms with Gasteiger partial charge in [0, 0.05) is 29.7 Å². The third-order valence-corrected chi connectivity index (χ3v) is 5.86. The maximum atomic E-state index is 13.3. The molecule has 1 unspecified atom stereocenters. The second-order valence-electron chi connectivity index (χ2n) is 7.31. The molecule has 0 spiro atoms. The van der Waals surface area contributed by atoms with Crippen LogP contribution in [-0.2, 0) is 13.5 Å². The minimum absolute atomic E-state index is 0.0690. The monoisotopic (exact) mass is 409 g/mol. The second kappa shape index (κ2) is 6.81. The molecule has 0 radical (unpaired) electrons. The summed E-state index contributed by atoms with van der Waals surface area (Å²) in [6.45, 7) is 2.77. The number of carbonyl (C=O) groups is 1. The van der Waals surface area contributed by atoms with Gasteiger partial charge in [-0.25, -0.2) is 0 Å². The Balaban J connectivity index is 1.51. The summed E-state index contributed by atoms with van der Waals surface area (Å²) < 4.78 is 12.8. The van der Waals surface area contributed by atoms with Crippen molar-refractivity contribution in [3.63, 3.8) is 0 Å². The van der Waals surface area contributed by atoms with Crippen LogP contribution >= 0.6 is 11.6 Å². The van der Waals surface area contributed by atoms with E-state index >= 15 is 0 Å². The van der Waals surface area contributed by atoms with Crippen LogP contribution in [-0.4, -0.2) is 33.9 Å². The van der Waals surface area contributed by atoms with E-state index in [1.807, 2.05) is 60.0 Å². The van der Waals surface area contributed by atoms with Gasteiger partial charge in [0.05, 0.1) is 23.0 Å². The van der Waals surface area contributed by atoms with Gasteiger partial charge in [0.25, 0.3) is 5.91 Å². The summed E-state index contributed by atoms with van der Waals surface area (Å²) in [5.74, 6) is 1.07. The standard InChI is InChI=1S/C22H20ClN3O3/c1-13-19-16(20(25(2)24-19)14-5-3-6-15(23)11-14)9-10-26(13)22(27)17-7-4-8-18-21(17)29-12-28-18/h3-8,11,13H,9-10,12H2,1-2H3. The van der Waals surface area contributed by atoms with Crippen LogP contribution in [0.5, 0.6) is 11.5 Å². The van der Waals surface area contributed by atoms with E-state index in [9.17, 15) is 4.79 Å². The summed E-state index contributed by atoms with van der Waals surface area (Å²) in [7, 11) is 1.93. The van der Waals surface area contributed by atoms with Gasteiger partial charge in [-0.1, -0.05) is 29.8 Å². The lowest BCUT2D eigenvalue weighted by Crippen LogP contribution is -2.39. The van der Waals surface area contributed by atoms with E-state index in [0.717, 1.165) is 23.4 Å². The van der Waals surface area contributed by atoms with Gasteiger partial charge in [0.15, 0.2) is 11.5 Å². The van der Waals surface area contributed by atoms with E-state index in [1.54, 1.807) is 6.07 Å². The van der Waals surface area contributed by atoms with Crippen molar-refractivity contribution in [1.29, 1.82) is 0 Å². The van der Waals surface area contributed by atoms with Crippen LogP contribution in [0.1, 0.15) is 34.6 Å². The van der Waals surface area contributed by atoms with Gasteiger partial charge in [0.1, 0.15) is 0 Å². The maximum Gasteiger partial charge on any atom is 0.258 e. The van der Waals surface area contributed by atoms with Crippen LogP contribution in [0.4, 0.5) is 0 Å². The number of benzene rings is 2. The van der Waals surface area contributed by atoms with Gasteiger partial charge >= 0.3 is 0 Å². The fourth-order valence-corrected chi connectivity index (χ4v) is 4.46. The maximum absolute atomic E-state index is 13.3. The van der Waals surface area contributed by atoms with Gasteiger partial charge in [0.2, 0.25) is 6.79 Å². The SMILES string of the molecule is CC1c2nn(C)c(-c3cccc(Cl)c3)c2CCN1C(=O)c1cccc2c1OCO2. The Morgan fingerprint density at radius 3 is 2.86 bits per heavy atom. The Morgan fingerprint density at radius 1 is 1.21 bits per heavy atom. The Labute approximate surface area is 173 Å². The van der Waals surface area contributed by atoms with Crippen molar-refractivity contribution in [3.05, 3.63) is 64.3 Å². The molecule has 3 aromatic rings. The third kappa shape index (κ3) is 2.86. The van der Waals surface area contributed by atoms with Crippen molar-refractivity contribution in [2.75, 3.05) is 13.3 Å². The molecule has 0 bridgehead atoms. The van der Waals surface area contributed by atoms with Crippen molar-refractivity contribution in [1.82, 2.24) is 14.7 Å². The van der Waals surface area contributed by atoms with Gasteiger partial charge in [-0.05, 0) is 37.6 Å². The topological polar surface area (TPSA) is 56.6 Å². The highest BCUT2D eigenvalue weighted by atomic mass is 35.5. The molecule has 0 fully saturated rings. The number of hydrogen-bond acceptors (Lipinski definition) is 4. The summed E-state index contributed by atoms with van der Waals surface area (Å²) in [6, 6.07) is 13.1. The molecule has 1 atom stereocenters. The number of hydrogen-bond donors (Lipinski definition) is 0. The van der Waals surface area contributed by atoms with Crippen LogP contribution < -0.4 is 9.47 Å². The molecule has 6 nitrogen and oxygen atoms in total. The van der Waals surface area contributed by atoms with Crippen molar-refractivity contribution >= 4 is 17.5 Å². The number of halogens is 1. The van der Waals surface area contributed by atoms with Gasteiger partial charge in [-0.3, -0.25) is 9.48 Å². The Hall–Kier alpha value is -2.99. The number of rotatable bonds is 2. The predicted molar refractivity (Wildman–Crippen MR) is 109 cm³/mol. The van der Waals surface area contributed by atoms with Crippen LogP contribution in [0.2, 0.25) is 5.02 Å². The third-order valence-electron chi connectivity index (χ3n) is 5.63. The van der Waals surface area contributed by atoms with Crippen LogP contribution in [0.3, 0.4) is 0 Å². The molecule has 2 aromatic carbocycles. The first-order chi connectivity index (χ1) is 14.0. The Kier molecular flexibility index (Phi) is 4.24. The van der Waals surface area contributed by atoms with E-state index in [1.165, 1.54) is 5.56 Å². The molecule has 1 amide bonds. The van der Waals surface area contributed by atoms with Gasteiger partial charge < -0.3 is 14.4 Å². The largest absolute Gasteiger partial charge is 0.454 e. The second-order valence-corrected chi connectivity index (χ2v) is 7.75. The summed E-state index contributed by atoms with van der Waals surface area (Å²) in [4.78, 5) is 15.2. The van der Waals surface area contributed by atoms with Crippen molar-refractivity contribution in [2.24, 2.45) is 7.05 Å². The molecule has 3 heterocycles. The summed E-state index contributed by atoms with van der Waals surface area (Å²) in [5, 5.41) is 5.45. The summed E-state index contributed by atoms with van der Waals surface area (Å²) in [5.41, 5.74) is 4.71. The lowest BCUT2D eigenvalue weighted by Gasteiger charge is -2.33. The first-order valence-corrected chi connectivity index (χ1v) is 9.93. The number of amides is 1. The summed E-state index contributed by atoms with van der Waals surface area (Å²) >= 11 is 6.20. The summed E-state index contributed by atoms with van der Waals surface area (Å²) in [6.07, 6.45) is 0.730. The Morgan fingerprint density at radius 2 is 2.03 bits per heavy atom. The van der Waals surface area contributed by atoms with E-state index in [2.05, 4.69) is 0 Å². The number of aryl methyl sites for hydroxylation is 1. The first-order valence-electron chi connectivity index (χ1n) is 9.56. The van der Waals surface area contributed by atoms with E-state index in [-0.39, 0.29) is 18.7 Å². The highest BCUT2D eigenvalue weighted by Gasteiger charge is 2.35. The molecule has 2 aliphatic heterocycles. The molecule has 7 heteroatoms. The van der Waals surface area contributed by atoms with E-state index in [4.69, 9.17) is 26.2 Å². The molecule has 29 heavy (non-hydrogen) atoms. The highest BCUT2D eigenvalue weighted by molar-refractivity contribution is 6.30. The van der Waals surface area contributed by atoms with E-state index in [0.29, 0.717) is 28.6 Å².